The summed E-state index contributed by atoms with van der Waals surface area (Å²) in [5, 5.41) is 6.06. The van der Waals surface area contributed by atoms with E-state index in [1.54, 1.807) is 48.5 Å². The first-order valence-electron chi connectivity index (χ1n) is 7.88. The molecule has 0 unspecified atom stereocenters. The third-order valence-electron chi connectivity index (χ3n) is 3.66. The Hall–Kier alpha value is -2.83. The molecule has 134 valence electrons. The van der Waals surface area contributed by atoms with Crippen molar-refractivity contribution in [2.45, 2.75) is 0 Å². The minimum Gasteiger partial charge on any atom is -0.488 e. The van der Waals surface area contributed by atoms with Gasteiger partial charge in [-0.3, -0.25) is 9.59 Å². The number of hydrogen-bond donors (Lipinski definition) is 2. The highest BCUT2D eigenvalue weighted by atomic mass is 35.5. The molecule has 0 saturated carbocycles. The summed E-state index contributed by atoms with van der Waals surface area (Å²) in [6, 6.07) is 12.1. The molecule has 1 aliphatic heterocycles. The minimum absolute atomic E-state index is 0.0389. The quantitative estimate of drug-likeness (QED) is 0.844. The van der Waals surface area contributed by atoms with Gasteiger partial charge in [0, 0.05) is 29.1 Å². The maximum absolute atomic E-state index is 12.5. The molecule has 7 heteroatoms. The third-order valence-corrected chi connectivity index (χ3v) is 3.89. The molecule has 2 N–H and O–H groups in total. The van der Waals surface area contributed by atoms with Crippen LogP contribution in [0.1, 0.15) is 5.56 Å². The number of carbonyl (C=O) groups excluding carboxylic acids is 2. The molecule has 1 heterocycles. The van der Waals surface area contributed by atoms with Crippen LogP contribution in [0.4, 0.5) is 11.4 Å². The Kier molecular flexibility index (Phi) is 5.55. The largest absolute Gasteiger partial charge is 0.488 e. The van der Waals surface area contributed by atoms with Crippen LogP contribution in [0.3, 0.4) is 0 Å². The summed E-state index contributed by atoms with van der Waals surface area (Å²) in [6.07, 6.45) is 1.75. The standard InChI is InChI=1S/C19H17ClN2O4/c1-25-11-18(23)21-15-3-2-4-16(9-15)22-19(24)13-7-12-8-14(20)5-6-17(12)26-10-13/h2-9H,10-11H2,1H3,(H,21,23)(H,22,24). The summed E-state index contributed by atoms with van der Waals surface area (Å²) < 4.78 is 10.4. The summed E-state index contributed by atoms with van der Waals surface area (Å²) in [5.74, 6) is 0.137. The highest BCUT2D eigenvalue weighted by Gasteiger charge is 2.17. The van der Waals surface area contributed by atoms with Gasteiger partial charge >= 0.3 is 0 Å². The zero-order valence-electron chi connectivity index (χ0n) is 14.0. The van der Waals surface area contributed by atoms with Gasteiger partial charge in [-0.15, -0.1) is 0 Å². The molecule has 2 aromatic carbocycles. The van der Waals surface area contributed by atoms with Crippen LogP contribution in [-0.2, 0) is 14.3 Å². The van der Waals surface area contributed by atoms with E-state index in [1.165, 1.54) is 7.11 Å². The molecule has 6 nitrogen and oxygen atoms in total. The van der Waals surface area contributed by atoms with Crippen molar-refractivity contribution in [2.24, 2.45) is 0 Å². The van der Waals surface area contributed by atoms with Crippen LogP contribution in [0.15, 0.2) is 48.0 Å². The van der Waals surface area contributed by atoms with Gasteiger partial charge in [-0.2, -0.15) is 0 Å². The van der Waals surface area contributed by atoms with E-state index in [2.05, 4.69) is 10.6 Å². The zero-order valence-corrected chi connectivity index (χ0v) is 14.8. The van der Waals surface area contributed by atoms with Gasteiger partial charge in [0.25, 0.3) is 5.91 Å². The SMILES string of the molecule is COCC(=O)Nc1cccc(NC(=O)C2=Cc3cc(Cl)ccc3OC2)c1. The van der Waals surface area contributed by atoms with Gasteiger partial charge in [0.2, 0.25) is 5.91 Å². The summed E-state index contributed by atoms with van der Waals surface area (Å²) in [4.78, 5) is 24.1. The number of ether oxygens (including phenoxy) is 2. The maximum Gasteiger partial charge on any atom is 0.255 e. The lowest BCUT2D eigenvalue weighted by Gasteiger charge is -2.18. The van der Waals surface area contributed by atoms with Gasteiger partial charge in [-0.05, 0) is 42.5 Å². The first kappa shape index (κ1) is 18.0. The molecule has 0 fully saturated rings. The molecular formula is C19H17ClN2O4. The second-order valence-electron chi connectivity index (χ2n) is 5.66. The predicted molar refractivity (Wildman–Crippen MR) is 101 cm³/mol. The van der Waals surface area contributed by atoms with Crippen molar-refractivity contribution >= 4 is 40.9 Å². The Morgan fingerprint density at radius 1 is 1.15 bits per heavy atom. The molecule has 2 aromatic rings. The van der Waals surface area contributed by atoms with Gasteiger partial charge in [-0.1, -0.05) is 17.7 Å². The summed E-state index contributed by atoms with van der Waals surface area (Å²) in [5.41, 5.74) is 2.36. The van der Waals surface area contributed by atoms with Gasteiger partial charge in [0.05, 0.1) is 5.57 Å². The van der Waals surface area contributed by atoms with Gasteiger partial charge in [0.15, 0.2) is 0 Å². The molecule has 0 radical (unpaired) electrons. The second kappa shape index (κ2) is 8.03. The summed E-state index contributed by atoms with van der Waals surface area (Å²) >= 11 is 5.99. The smallest absolute Gasteiger partial charge is 0.255 e. The summed E-state index contributed by atoms with van der Waals surface area (Å²) in [7, 11) is 1.45. The number of fused-ring (bicyclic) bond motifs is 1. The van der Waals surface area contributed by atoms with Crippen LogP contribution >= 0.6 is 11.6 Å². The number of rotatable bonds is 5. The van der Waals surface area contributed by atoms with E-state index < -0.39 is 0 Å². The highest BCUT2D eigenvalue weighted by molar-refractivity contribution is 6.30. The van der Waals surface area contributed by atoms with Crippen molar-refractivity contribution in [1.29, 1.82) is 0 Å². The number of halogens is 1. The average molecular weight is 373 g/mol. The van der Waals surface area contributed by atoms with Crippen molar-refractivity contribution in [3.05, 3.63) is 58.6 Å². The fourth-order valence-corrected chi connectivity index (χ4v) is 2.67. The average Bonchev–Trinajstić information content (AvgIpc) is 2.61. The number of benzene rings is 2. The number of nitrogens with one attached hydrogen (secondary N) is 2. The van der Waals surface area contributed by atoms with E-state index in [-0.39, 0.29) is 25.0 Å². The Bertz CT molecular complexity index is 880. The summed E-state index contributed by atoms with van der Waals surface area (Å²) in [6.45, 7) is 0.132. The number of hydrogen-bond acceptors (Lipinski definition) is 4. The topological polar surface area (TPSA) is 76.7 Å². The van der Waals surface area contributed by atoms with Crippen molar-refractivity contribution in [2.75, 3.05) is 31.0 Å². The molecule has 0 aliphatic carbocycles. The van der Waals surface area contributed by atoms with Gasteiger partial charge in [-0.25, -0.2) is 0 Å². The van der Waals surface area contributed by atoms with Crippen LogP contribution in [0.2, 0.25) is 5.02 Å². The number of methoxy groups -OCH3 is 1. The maximum atomic E-state index is 12.5. The molecule has 0 atom stereocenters. The second-order valence-corrected chi connectivity index (χ2v) is 6.09. The normalized spacial score (nSPS) is 12.5. The third kappa shape index (κ3) is 4.41. The first-order chi connectivity index (χ1) is 12.5. The molecule has 3 rings (SSSR count). The van der Waals surface area contributed by atoms with Crippen molar-refractivity contribution in [3.63, 3.8) is 0 Å². The zero-order chi connectivity index (χ0) is 18.5. The van der Waals surface area contributed by atoms with Crippen LogP contribution in [0.25, 0.3) is 6.08 Å². The fraction of sp³-hybridized carbons (Fsp3) is 0.158. The minimum atomic E-state index is -0.281. The molecule has 0 aromatic heterocycles. The van der Waals surface area contributed by atoms with E-state index in [0.717, 1.165) is 5.56 Å². The first-order valence-corrected chi connectivity index (χ1v) is 8.26. The Morgan fingerprint density at radius 2 is 1.92 bits per heavy atom. The van der Waals surface area contributed by atoms with Crippen LogP contribution in [0, 0.1) is 0 Å². The Labute approximate surface area is 155 Å². The van der Waals surface area contributed by atoms with E-state index in [0.29, 0.717) is 27.7 Å². The van der Waals surface area contributed by atoms with Crippen LogP contribution in [0.5, 0.6) is 5.75 Å². The lowest BCUT2D eigenvalue weighted by Crippen LogP contribution is -2.21. The lowest BCUT2D eigenvalue weighted by atomic mass is 10.1. The van der Waals surface area contributed by atoms with E-state index in [1.807, 2.05) is 0 Å². The van der Waals surface area contributed by atoms with Crippen LogP contribution < -0.4 is 15.4 Å². The molecular weight excluding hydrogens is 356 g/mol. The van der Waals surface area contributed by atoms with Crippen molar-refractivity contribution in [1.82, 2.24) is 0 Å². The molecule has 26 heavy (non-hydrogen) atoms. The predicted octanol–water partition coefficient (Wildman–Crippen LogP) is 3.34. The van der Waals surface area contributed by atoms with Gasteiger partial charge in [0.1, 0.15) is 19.0 Å². The van der Waals surface area contributed by atoms with E-state index in [4.69, 9.17) is 21.1 Å². The van der Waals surface area contributed by atoms with Crippen LogP contribution in [-0.4, -0.2) is 32.1 Å². The molecule has 0 saturated heterocycles. The Balaban J connectivity index is 1.71. The lowest BCUT2D eigenvalue weighted by molar-refractivity contribution is -0.119. The molecule has 2 amide bonds. The number of amides is 2. The van der Waals surface area contributed by atoms with E-state index in [9.17, 15) is 9.59 Å². The van der Waals surface area contributed by atoms with E-state index >= 15 is 0 Å². The number of anilines is 2. The molecule has 1 aliphatic rings. The fourth-order valence-electron chi connectivity index (χ4n) is 2.49. The Morgan fingerprint density at radius 3 is 2.69 bits per heavy atom. The number of carbonyl (C=O) groups is 2. The van der Waals surface area contributed by atoms with Crippen molar-refractivity contribution < 1.29 is 19.1 Å². The van der Waals surface area contributed by atoms with Crippen molar-refractivity contribution in [3.8, 4) is 5.75 Å². The molecule has 0 bridgehead atoms. The van der Waals surface area contributed by atoms with Gasteiger partial charge < -0.3 is 20.1 Å². The monoisotopic (exact) mass is 372 g/mol. The molecule has 0 spiro atoms. The highest BCUT2D eigenvalue weighted by Crippen LogP contribution is 2.29.